The highest BCUT2D eigenvalue weighted by molar-refractivity contribution is 7.16. The molecule has 0 aliphatic carbocycles. The Morgan fingerprint density at radius 3 is 2.46 bits per heavy atom. The van der Waals surface area contributed by atoms with Crippen molar-refractivity contribution in [2.45, 2.75) is 39.4 Å². The number of aromatic nitrogens is 3. The fraction of sp³-hybridized carbons (Fsp3) is 0.240. The summed E-state index contributed by atoms with van der Waals surface area (Å²) in [6.07, 6.45) is -0.703. The van der Waals surface area contributed by atoms with Crippen LogP contribution in [0.1, 0.15) is 47.7 Å². The van der Waals surface area contributed by atoms with Gasteiger partial charge in [-0.1, -0.05) is 43.4 Å². The fourth-order valence-electron chi connectivity index (χ4n) is 3.09. The molecule has 0 aliphatic rings. The molecule has 0 unspecified atom stereocenters. The summed E-state index contributed by atoms with van der Waals surface area (Å²) in [4.78, 5) is 42.0. The first-order valence-corrected chi connectivity index (χ1v) is 11.8. The van der Waals surface area contributed by atoms with E-state index in [1.54, 1.807) is 43.3 Å². The molecule has 35 heavy (non-hydrogen) atoms. The number of ether oxygens (including phenoxy) is 2. The summed E-state index contributed by atoms with van der Waals surface area (Å²) < 4.78 is 12.2. The Balaban J connectivity index is 1.34. The Labute approximate surface area is 205 Å². The van der Waals surface area contributed by atoms with E-state index in [2.05, 4.69) is 15.4 Å². The maximum atomic E-state index is 12.5. The van der Waals surface area contributed by atoms with E-state index >= 15 is 0 Å². The average Bonchev–Trinajstić information content (AvgIpc) is 3.29. The standard InChI is InChI=1S/C25H24N4O5S/c1-15(2)23-28-29-21(30)13-19(27-25(29)35-23)14-33-24(32)17-9-11-18(12-10-17)26-22(31)16(3)34-20-7-5-4-6-8-20/h4-13,15-16H,14H2,1-3H3,(H,26,31)/t16-/m1/s1. The molecule has 2 aromatic carbocycles. The number of hydrogen-bond acceptors (Lipinski definition) is 8. The van der Waals surface area contributed by atoms with Crippen LogP contribution in [-0.4, -0.2) is 32.6 Å². The van der Waals surface area contributed by atoms with Gasteiger partial charge in [0, 0.05) is 17.7 Å². The SMILES string of the molecule is CC(C)c1nn2c(=O)cc(COC(=O)c3ccc(NC(=O)[C@@H](C)Oc4ccccc4)cc3)nc2s1. The number of carbonyl (C=O) groups is 2. The molecule has 180 valence electrons. The molecule has 1 atom stereocenters. The zero-order valence-electron chi connectivity index (χ0n) is 19.4. The lowest BCUT2D eigenvalue weighted by molar-refractivity contribution is -0.122. The van der Waals surface area contributed by atoms with Crippen molar-refractivity contribution in [3.8, 4) is 5.75 Å². The molecule has 0 spiro atoms. The van der Waals surface area contributed by atoms with Crippen LogP contribution in [0.3, 0.4) is 0 Å². The Bertz CT molecular complexity index is 1400. The van der Waals surface area contributed by atoms with Crippen LogP contribution in [0, 0.1) is 0 Å². The quantitative estimate of drug-likeness (QED) is 0.370. The van der Waals surface area contributed by atoms with Crippen molar-refractivity contribution in [3.05, 3.63) is 87.3 Å². The molecule has 0 saturated heterocycles. The van der Waals surface area contributed by atoms with Crippen LogP contribution in [0.5, 0.6) is 5.75 Å². The Kier molecular flexibility index (Phi) is 7.21. The van der Waals surface area contributed by atoms with E-state index in [0.29, 0.717) is 27.7 Å². The highest BCUT2D eigenvalue weighted by atomic mass is 32.1. The number of rotatable bonds is 8. The summed E-state index contributed by atoms with van der Waals surface area (Å²) in [6.45, 7) is 5.48. The summed E-state index contributed by atoms with van der Waals surface area (Å²) >= 11 is 1.33. The zero-order valence-corrected chi connectivity index (χ0v) is 20.2. The third-order valence-electron chi connectivity index (χ3n) is 4.97. The minimum atomic E-state index is -0.703. The summed E-state index contributed by atoms with van der Waals surface area (Å²) in [6, 6.07) is 16.7. The molecule has 2 heterocycles. The van der Waals surface area contributed by atoms with Crippen LogP contribution < -0.4 is 15.6 Å². The predicted molar refractivity (Wildman–Crippen MR) is 132 cm³/mol. The summed E-state index contributed by atoms with van der Waals surface area (Å²) in [7, 11) is 0. The van der Waals surface area contributed by atoms with Crippen LogP contribution in [0.2, 0.25) is 0 Å². The number of hydrogen-bond donors (Lipinski definition) is 1. The Morgan fingerprint density at radius 1 is 1.06 bits per heavy atom. The van der Waals surface area contributed by atoms with E-state index < -0.39 is 12.1 Å². The van der Waals surface area contributed by atoms with Crippen LogP contribution in [-0.2, 0) is 16.1 Å². The number of amides is 1. The highest BCUT2D eigenvalue weighted by Crippen LogP contribution is 2.20. The number of para-hydroxylation sites is 1. The van der Waals surface area contributed by atoms with E-state index in [-0.39, 0.29) is 24.0 Å². The number of carbonyl (C=O) groups excluding carboxylic acids is 2. The Morgan fingerprint density at radius 2 is 1.77 bits per heavy atom. The van der Waals surface area contributed by atoms with Gasteiger partial charge in [-0.05, 0) is 43.3 Å². The fourth-order valence-corrected chi connectivity index (χ4v) is 4.02. The second-order valence-electron chi connectivity index (χ2n) is 8.09. The molecule has 0 fully saturated rings. The smallest absolute Gasteiger partial charge is 0.338 e. The van der Waals surface area contributed by atoms with Crippen molar-refractivity contribution in [2.75, 3.05) is 5.32 Å². The number of fused-ring (bicyclic) bond motifs is 1. The van der Waals surface area contributed by atoms with E-state index in [1.165, 1.54) is 21.9 Å². The molecule has 1 N–H and O–H groups in total. The van der Waals surface area contributed by atoms with Crippen LogP contribution >= 0.6 is 11.3 Å². The van der Waals surface area contributed by atoms with Crippen molar-refractivity contribution in [3.63, 3.8) is 0 Å². The summed E-state index contributed by atoms with van der Waals surface area (Å²) in [5.41, 5.74) is 0.837. The third-order valence-corrected chi connectivity index (χ3v) is 6.18. The lowest BCUT2D eigenvalue weighted by atomic mass is 10.2. The molecule has 0 saturated carbocycles. The van der Waals surface area contributed by atoms with Gasteiger partial charge in [0.25, 0.3) is 11.5 Å². The minimum Gasteiger partial charge on any atom is -0.481 e. The van der Waals surface area contributed by atoms with Gasteiger partial charge in [-0.3, -0.25) is 9.59 Å². The third kappa shape index (κ3) is 5.90. The topological polar surface area (TPSA) is 112 Å². The van der Waals surface area contributed by atoms with E-state index in [1.807, 2.05) is 32.0 Å². The lowest BCUT2D eigenvalue weighted by Crippen LogP contribution is -2.30. The maximum absolute atomic E-state index is 12.5. The van der Waals surface area contributed by atoms with Gasteiger partial charge in [0.15, 0.2) is 6.10 Å². The number of nitrogens with zero attached hydrogens (tertiary/aromatic N) is 3. The van der Waals surface area contributed by atoms with Gasteiger partial charge in [-0.25, -0.2) is 9.78 Å². The van der Waals surface area contributed by atoms with Crippen molar-refractivity contribution in [1.29, 1.82) is 0 Å². The monoisotopic (exact) mass is 492 g/mol. The summed E-state index contributed by atoms with van der Waals surface area (Å²) in [5.74, 6) is -0.117. The van der Waals surface area contributed by atoms with Gasteiger partial charge in [0.1, 0.15) is 17.4 Å². The second-order valence-corrected chi connectivity index (χ2v) is 9.08. The largest absolute Gasteiger partial charge is 0.481 e. The lowest BCUT2D eigenvalue weighted by Gasteiger charge is -2.14. The summed E-state index contributed by atoms with van der Waals surface area (Å²) in [5, 5.41) is 7.82. The van der Waals surface area contributed by atoms with Crippen molar-refractivity contribution in [2.24, 2.45) is 0 Å². The molecule has 0 radical (unpaired) electrons. The first kappa shape index (κ1) is 24.1. The van der Waals surface area contributed by atoms with Crippen molar-refractivity contribution < 1.29 is 19.1 Å². The van der Waals surface area contributed by atoms with Crippen molar-refractivity contribution in [1.82, 2.24) is 14.6 Å². The molecule has 0 aliphatic heterocycles. The number of anilines is 1. The molecule has 1 amide bonds. The van der Waals surface area contributed by atoms with Crippen LogP contribution in [0.15, 0.2) is 65.5 Å². The normalized spacial score (nSPS) is 11.9. The van der Waals surface area contributed by atoms with Gasteiger partial charge in [-0.15, -0.1) is 0 Å². The molecule has 0 bridgehead atoms. The number of nitrogens with one attached hydrogen (secondary N) is 1. The first-order chi connectivity index (χ1) is 16.8. The van der Waals surface area contributed by atoms with Crippen LogP contribution in [0.25, 0.3) is 4.96 Å². The van der Waals surface area contributed by atoms with E-state index in [0.717, 1.165) is 5.01 Å². The molecule has 9 nitrogen and oxygen atoms in total. The molecule has 2 aromatic heterocycles. The van der Waals surface area contributed by atoms with E-state index in [9.17, 15) is 14.4 Å². The Hall–Kier alpha value is -4.05. The molecular formula is C25H24N4O5S. The number of benzene rings is 2. The second kappa shape index (κ2) is 10.5. The first-order valence-electron chi connectivity index (χ1n) is 11.0. The van der Waals surface area contributed by atoms with Gasteiger partial charge in [0.2, 0.25) is 4.96 Å². The highest BCUT2D eigenvalue weighted by Gasteiger charge is 2.16. The predicted octanol–water partition coefficient (Wildman–Crippen LogP) is 4.04. The molecule has 4 rings (SSSR count). The van der Waals surface area contributed by atoms with Gasteiger partial charge in [0.05, 0.1) is 11.3 Å². The van der Waals surface area contributed by atoms with Gasteiger partial charge < -0.3 is 14.8 Å². The van der Waals surface area contributed by atoms with Gasteiger partial charge >= 0.3 is 5.97 Å². The average molecular weight is 493 g/mol. The molecule has 10 heteroatoms. The maximum Gasteiger partial charge on any atom is 0.338 e. The van der Waals surface area contributed by atoms with Gasteiger partial charge in [-0.2, -0.15) is 9.61 Å². The number of esters is 1. The van der Waals surface area contributed by atoms with E-state index in [4.69, 9.17) is 9.47 Å². The van der Waals surface area contributed by atoms with Crippen molar-refractivity contribution >= 4 is 33.9 Å². The molecular weight excluding hydrogens is 468 g/mol. The van der Waals surface area contributed by atoms with Crippen LogP contribution in [0.4, 0.5) is 5.69 Å². The zero-order chi connectivity index (χ0) is 24.9. The molecule has 4 aromatic rings. The minimum absolute atomic E-state index is 0.147.